The first-order valence-corrected chi connectivity index (χ1v) is 13.6. The van der Waals surface area contributed by atoms with E-state index in [0.29, 0.717) is 35.0 Å². The maximum Gasteiger partial charge on any atom is 0.256 e. The molecule has 3 aromatic rings. The third-order valence-corrected chi connectivity index (χ3v) is 7.06. The molecule has 1 aliphatic rings. The van der Waals surface area contributed by atoms with Crippen molar-refractivity contribution in [1.29, 1.82) is 5.41 Å². The number of ether oxygens (including phenoxy) is 1. The van der Waals surface area contributed by atoms with E-state index in [1.807, 2.05) is 45.7 Å². The summed E-state index contributed by atoms with van der Waals surface area (Å²) in [6, 6.07) is 5.30. The number of hydrogen-bond donors (Lipinski definition) is 3. The number of piperazine rings is 1. The Labute approximate surface area is 240 Å². The second-order valence-electron chi connectivity index (χ2n) is 11.1. The number of nitrogens with zero attached hydrogens (tertiary/aromatic N) is 7. The Morgan fingerprint density at radius 3 is 2.61 bits per heavy atom. The van der Waals surface area contributed by atoms with Gasteiger partial charge in [-0.15, -0.1) is 0 Å². The van der Waals surface area contributed by atoms with Gasteiger partial charge in [0.05, 0.1) is 12.8 Å². The molecule has 0 spiro atoms. The quantitative estimate of drug-likeness (QED) is 0.212. The summed E-state index contributed by atoms with van der Waals surface area (Å²) in [5.74, 6) is 0.581. The first-order chi connectivity index (χ1) is 19.5. The lowest BCUT2D eigenvalue weighted by atomic mass is 9.93. The van der Waals surface area contributed by atoms with Gasteiger partial charge < -0.3 is 25.0 Å². The number of rotatable bonds is 8. The number of allylic oxidation sites excluding steroid dienone is 1. The summed E-state index contributed by atoms with van der Waals surface area (Å²) in [6.45, 7) is 12.5. The summed E-state index contributed by atoms with van der Waals surface area (Å²) in [7, 11) is 3.59. The van der Waals surface area contributed by atoms with Crippen LogP contribution >= 0.6 is 0 Å². The first-order valence-electron chi connectivity index (χ1n) is 13.6. The molecule has 1 aromatic carbocycles. The number of aromatic nitrogens is 4. The van der Waals surface area contributed by atoms with Crippen molar-refractivity contribution in [3.8, 4) is 0 Å². The Kier molecular flexibility index (Phi) is 9.14. The van der Waals surface area contributed by atoms with Gasteiger partial charge in [-0.3, -0.25) is 15.1 Å². The van der Waals surface area contributed by atoms with Crippen LogP contribution in [0, 0.1) is 17.7 Å². The number of carbonyl (C=O) groups is 1. The molecule has 0 bridgehead atoms. The number of anilines is 3. The van der Waals surface area contributed by atoms with E-state index in [4.69, 9.17) is 15.1 Å². The molecule has 2 aromatic heterocycles. The number of amidine groups is 1. The van der Waals surface area contributed by atoms with Crippen LogP contribution in [-0.2, 0) is 4.74 Å². The lowest BCUT2D eigenvalue weighted by molar-refractivity contribution is 0.0977. The van der Waals surface area contributed by atoms with Gasteiger partial charge in [0.1, 0.15) is 29.0 Å². The van der Waals surface area contributed by atoms with Gasteiger partial charge in [-0.1, -0.05) is 26.8 Å². The second kappa shape index (κ2) is 12.6. The predicted molar refractivity (Wildman–Crippen MR) is 160 cm³/mol. The van der Waals surface area contributed by atoms with Gasteiger partial charge in [0, 0.05) is 69.6 Å². The van der Waals surface area contributed by atoms with Crippen LogP contribution < -0.4 is 15.1 Å². The lowest BCUT2D eigenvalue weighted by Gasteiger charge is -2.34. The molecule has 1 fully saturated rings. The van der Waals surface area contributed by atoms with E-state index < -0.39 is 11.3 Å². The fraction of sp³-hybridized carbons (Fsp3) is 0.448. The van der Waals surface area contributed by atoms with Crippen LogP contribution in [0.25, 0.3) is 11.0 Å². The van der Waals surface area contributed by atoms with E-state index in [1.165, 1.54) is 12.4 Å². The molecular formula is C29H39N9O3. The number of aliphatic hydroxyl groups excluding tert-OH is 1. The monoisotopic (exact) mass is 561 g/mol. The van der Waals surface area contributed by atoms with Gasteiger partial charge in [0.15, 0.2) is 5.82 Å². The molecule has 218 valence electrons. The van der Waals surface area contributed by atoms with Crippen LogP contribution in [0.2, 0.25) is 0 Å². The van der Waals surface area contributed by atoms with Crippen LogP contribution in [0.5, 0.6) is 0 Å². The van der Waals surface area contributed by atoms with Crippen molar-refractivity contribution in [3.05, 3.63) is 53.7 Å². The third kappa shape index (κ3) is 7.14. The van der Waals surface area contributed by atoms with Crippen molar-refractivity contribution >= 4 is 40.2 Å². The number of benzene rings is 1. The van der Waals surface area contributed by atoms with E-state index in [0.717, 1.165) is 44.0 Å². The van der Waals surface area contributed by atoms with Crippen LogP contribution in [0.4, 0.5) is 17.5 Å². The molecule has 1 aliphatic heterocycles. The molecule has 1 amide bonds. The summed E-state index contributed by atoms with van der Waals surface area (Å²) >= 11 is 0. The minimum atomic E-state index is -0.529. The van der Waals surface area contributed by atoms with E-state index >= 15 is 0 Å². The fourth-order valence-corrected chi connectivity index (χ4v) is 4.43. The largest absolute Gasteiger partial charge is 0.512 e. The summed E-state index contributed by atoms with van der Waals surface area (Å²) in [4.78, 5) is 37.8. The van der Waals surface area contributed by atoms with Gasteiger partial charge in [-0.25, -0.2) is 19.9 Å². The van der Waals surface area contributed by atoms with Crippen molar-refractivity contribution in [2.75, 3.05) is 63.3 Å². The maximum absolute atomic E-state index is 13.0. The summed E-state index contributed by atoms with van der Waals surface area (Å²) in [5.41, 5.74) is 2.75. The Balaban J connectivity index is 1.57. The molecule has 4 rings (SSSR count). The molecule has 3 heterocycles. The minimum Gasteiger partial charge on any atom is -0.512 e. The van der Waals surface area contributed by atoms with Crippen LogP contribution in [0.3, 0.4) is 0 Å². The Bertz CT molecular complexity index is 1440. The van der Waals surface area contributed by atoms with Gasteiger partial charge in [0.2, 0.25) is 5.95 Å². The topological polar surface area (TPSA) is 144 Å². The average molecular weight is 562 g/mol. The number of nitrogens with one attached hydrogen (secondary N) is 2. The zero-order valence-corrected chi connectivity index (χ0v) is 24.6. The SMILES string of the molecule is COCCN1CCN(c2ncc3ncnc(N(C)c4cc(C(=O)NC(=N)/C=C(\O)C(C)(C)C)ccc4C)c3n2)CC1. The Morgan fingerprint density at radius 1 is 1.20 bits per heavy atom. The molecule has 41 heavy (non-hydrogen) atoms. The van der Waals surface area contributed by atoms with Crippen molar-refractivity contribution in [1.82, 2.24) is 30.2 Å². The zero-order chi connectivity index (χ0) is 29.7. The maximum atomic E-state index is 13.0. The number of carbonyl (C=O) groups excluding carboxylic acids is 1. The van der Waals surface area contributed by atoms with E-state index in [-0.39, 0.29) is 11.6 Å². The number of hydrogen-bond acceptors (Lipinski definition) is 11. The number of aryl methyl sites for hydroxylation is 1. The summed E-state index contributed by atoms with van der Waals surface area (Å²) < 4.78 is 5.21. The highest BCUT2D eigenvalue weighted by Gasteiger charge is 2.22. The first kappa shape index (κ1) is 29.8. The number of methoxy groups -OCH3 is 1. The molecular weight excluding hydrogens is 522 g/mol. The van der Waals surface area contributed by atoms with Crippen molar-refractivity contribution in [2.45, 2.75) is 27.7 Å². The van der Waals surface area contributed by atoms with Crippen LogP contribution in [0.1, 0.15) is 36.7 Å². The summed E-state index contributed by atoms with van der Waals surface area (Å²) in [6.07, 6.45) is 4.45. The zero-order valence-electron chi connectivity index (χ0n) is 24.6. The average Bonchev–Trinajstić information content (AvgIpc) is 2.95. The second-order valence-corrected chi connectivity index (χ2v) is 11.1. The molecule has 0 aliphatic carbocycles. The van der Waals surface area contributed by atoms with Gasteiger partial charge in [-0.05, 0) is 24.6 Å². The number of fused-ring (bicyclic) bond motifs is 1. The minimum absolute atomic E-state index is 0.0112. The summed E-state index contributed by atoms with van der Waals surface area (Å²) in [5, 5.41) is 20.8. The third-order valence-electron chi connectivity index (χ3n) is 7.06. The highest BCUT2D eigenvalue weighted by Crippen LogP contribution is 2.31. The predicted octanol–water partition coefficient (Wildman–Crippen LogP) is 3.46. The number of amides is 1. The standard InChI is InChI=1S/C29H39N9O3/c1-19-7-8-20(27(40)34-24(30)16-23(39)29(2,3)4)15-22(19)36(5)26-25-21(32-18-33-26)17-31-28(35-25)38-11-9-37(10-12-38)13-14-41-6/h7-8,15-18,39H,9-14H2,1-6H3,(H2,30,34,40)/b23-16-. The van der Waals surface area contributed by atoms with E-state index in [2.05, 4.69) is 30.1 Å². The van der Waals surface area contributed by atoms with Gasteiger partial charge >= 0.3 is 0 Å². The molecule has 3 N–H and O–H groups in total. The Morgan fingerprint density at radius 2 is 1.93 bits per heavy atom. The van der Waals surface area contributed by atoms with E-state index in [9.17, 15) is 9.90 Å². The molecule has 0 atom stereocenters. The van der Waals surface area contributed by atoms with Crippen molar-refractivity contribution in [3.63, 3.8) is 0 Å². The lowest BCUT2D eigenvalue weighted by Crippen LogP contribution is -2.47. The molecule has 0 radical (unpaired) electrons. The molecule has 0 saturated carbocycles. The van der Waals surface area contributed by atoms with E-state index in [1.54, 1.807) is 25.4 Å². The molecule has 0 unspecified atom stereocenters. The molecule has 12 heteroatoms. The van der Waals surface area contributed by atoms with Gasteiger partial charge in [-0.2, -0.15) is 0 Å². The Hall–Kier alpha value is -4.16. The molecule has 1 saturated heterocycles. The van der Waals surface area contributed by atoms with Gasteiger partial charge in [0.25, 0.3) is 5.91 Å². The molecule has 12 nitrogen and oxygen atoms in total. The normalized spacial score (nSPS) is 14.8. The highest BCUT2D eigenvalue weighted by molar-refractivity contribution is 6.09. The van der Waals surface area contributed by atoms with Crippen LogP contribution in [0.15, 0.2) is 42.6 Å². The van der Waals surface area contributed by atoms with Crippen molar-refractivity contribution < 1.29 is 14.6 Å². The van der Waals surface area contributed by atoms with Crippen LogP contribution in [-0.4, -0.2) is 95.2 Å². The smallest absolute Gasteiger partial charge is 0.256 e. The highest BCUT2D eigenvalue weighted by atomic mass is 16.5. The number of aliphatic hydroxyl groups is 1. The van der Waals surface area contributed by atoms with Crippen molar-refractivity contribution in [2.24, 2.45) is 5.41 Å². The fourth-order valence-electron chi connectivity index (χ4n) is 4.43.